The molecule has 1 aromatic rings. The van der Waals surface area contributed by atoms with Crippen molar-refractivity contribution in [3.63, 3.8) is 0 Å². The van der Waals surface area contributed by atoms with Crippen LogP contribution in [0.2, 0.25) is 0 Å². The van der Waals surface area contributed by atoms with Crippen LogP contribution in [0.1, 0.15) is 18.9 Å². The molecule has 1 amide bonds. The van der Waals surface area contributed by atoms with Crippen LogP contribution in [0.5, 0.6) is 0 Å². The maximum absolute atomic E-state index is 13.6. The standard InChI is InChI=1S/C18H20F4N2O4/c1-9(2)15(16(26)24-8-13(25)7-14(24)17(27)28-3)23-12-5-10(18(20,21)22)4-11(19)6-12/h4-6,13-15,23,25H,1,7-8H2,2-3H3/t13-,14+,15+/m1/s1. The first-order valence-electron chi connectivity index (χ1n) is 8.30. The Morgan fingerprint density at radius 3 is 2.54 bits per heavy atom. The number of carbonyl (C=O) groups is 2. The van der Waals surface area contributed by atoms with Gasteiger partial charge in [-0.1, -0.05) is 6.58 Å². The summed E-state index contributed by atoms with van der Waals surface area (Å²) in [5.74, 6) is -2.55. The fraction of sp³-hybridized carbons (Fsp3) is 0.444. The number of amides is 1. The lowest BCUT2D eigenvalue weighted by atomic mass is 10.1. The number of nitrogens with one attached hydrogen (secondary N) is 1. The highest BCUT2D eigenvalue weighted by molar-refractivity contribution is 5.92. The van der Waals surface area contributed by atoms with E-state index in [2.05, 4.69) is 16.6 Å². The minimum absolute atomic E-state index is 0.0283. The van der Waals surface area contributed by atoms with E-state index in [-0.39, 0.29) is 24.2 Å². The van der Waals surface area contributed by atoms with E-state index >= 15 is 0 Å². The third-order valence-corrected chi connectivity index (χ3v) is 4.31. The van der Waals surface area contributed by atoms with Gasteiger partial charge < -0.3 is 20.1 Å². The molecule has 10 heteroatoms. The van der Waals surface area contributed by atoms with Crippen LogP contribution < -0.4 is 5.32 Å². The normalized spacial score (nSPS) is 20.6. The first-order valence-corrected chi connectivity index (χ1v) is 8.30. The van der Waals surface area contributed by atoms with Crippen molar-refractivity contribution in [2.75, 3.05) is 19.0 Å². The van der Waals surface area contributed by atoms with Gasteiger partial charge in [-0.15, -0.1) is 0 Å². The summed E-state index contributed by atoms with van der Waals surface area (Å²) in [5.41, 5.74) is -1.26. The number of anilines is 1. The molecule has 0 unspecified atom stereocenters. The Balaban J connectivity index is 2.31. The number of aliphatic hydroxyl groups is 1. The Hall–Kier alpha value is -2.62. The Kier molecular flexibility index (Phi) is 6.33. The fourth-order valence-corrected chi connectivity index (χ4v) is 2.98. The van der Waals surface area contributed by atoms with Gasteiger partial charge in [-0.25, -0.2) is 9.18 Å². The maximum atomic E-state index is 13.6. The SMILES string of the molecule is C=C(C)[C@H](Nc1cc(F)cc(C(F)(F)F)c1)C(=O)N1C[C@H](O)C[C@H]1C(=O)OC. The minimum Gasteiger partial charge on any atom is -0.467 e. The van der Waals surface area contributed by atoms with E-state index in [1.54, 1.807) is 0 Å². The second-order valence-electron chi connectivity index (χ2n) is 6.57. The van der Waals surface area contributed by atoms with Crippen LogP contribution in [0, 0.1) is 5.82 Å². The first kappa shape index (κ1) is 21.7. The molecule has 0 bridgehead atoms. The molecule has 0 saturated carbocycles. The lowest BCUT2D eigenvalue weighted by Gasteiger charge is -2.28. The van der Waals surface area contributed by atoms with Crippen molar-refractivity contribution >= 4 is 17.6 Å². The van der Waals surface area contributed by atoms with Crippen LogP contribution in [0.25, 0.3) is 0 Å². The highest BCUT2D eigenvalue weighted by Crippen LogP contribution is 2.32. The molecule has 1 aliphatic rings. The molecule has 1 aliphatic heterocycles. The number of halogens is 4. The number of hydrogen-bond acceptors (Lipinski definition) is 5. The maximum Gasteiger partial charge on any atom is 0.416 e. The van der Waals surface area contributed by atoms with E-state index in [1.165, 1.54) is 6.92 Å². The third-order valence-electron chi connectivity index (χ3n) is 4.31. The molecule has 154 valence electrons. The number of rotatable bonds is 5. The zero-order valence-corrected chi connectivity index (χ0v) is 15.2. The molecule has 0 radical (unpaired) electrons. The summed E-state index contributed by atoms with van der Waals surface area (Å²) in [5, 5.41) is 12.4. The number of β-amino-alcohol motifs (C(OH)–C–C–N with tert-alkyl or cyclic N) is 1. The Bertz CT molecular complexity index is 781. The van der Waals surface area contributed by atoms with Gasteiger partial charge in [0.05, 0.1) is 18.8 Å². The zero-order valence-electron chi connectivity index (χ0n) is 15.2. The van der Waals surface area contributed by atoms with E-state index < -0.39 is 47.6 Å². The monoisotopic (exact) mass is 404 g/mol. The van der Waals surface area contributed by atoms with E-state index in [9.17, 15) is 32.3 Å². The smallest absolute Gasteiger partial charge is 0.416 e. The Labute approximate surface area is 158 Å². The lowest BCUT2D eigenvalue weighted by molar-refractivity contribution is -0.150. The van der Waals surface area contributed by atoms with Gasteiger partial charge >= 0.3 is 12.1 Å². The van der Waals surface area contributed by atoms with E-state index in [0.717, 1.165) is 18.1 Å². The molecule has 1 fully saturated rings. The minimum atomic E-state index is -4.77. The first-order chi connectivity index (χ1) is 12.9. The van der Waals surface area contributed by atoms with Gasteiger partial charge in [-0.3, -0.25) is 4.79 Å². The molecule has 6 nitrogen and oxygen atoms in total. The van der Waals surface area contributed by atoms with Gasteiger partial charge in [0.15, 0.2) is 0 Å². The summed E-state index contributed by atoms with van der Waals surface area (Å²) in [4.78, 5) is 25.9. The second kappa shape index (κ2) is 8.17. The fourth-order valence-electron chi connectivity index (χ4n) is 2.98. The molecular formula is C18H20F4N2O4. The number of aliphatic hydroxyl groups excluding tert-OH is 1. The highest BCUT2D eigenvalue weighted by Gasteiger charge is 2.42. The number of nitrogens with zero attached hydrogens (tertiary/aromatic N) is 1. The summed E-state index contributed by atoms with van der Waals surface area (Å²) >= 11 is 0. The molecule has 2 N–H and O–H groups in total. The molecule has 0 spiro atoms. The summed E-state index contributed by atoms with van der Waals surface area (Å²) in [6, 6.07) is -0.444. The Morgan fingerprint density at radius 2 is 2.00 bits per heavy atom. The van der Waals surface area contributed by atoms with Crippen molar-refractivity contribution in [2.45, 2.75) is 37.7 Å². The number of hydrogen-bond donors (Lipinski definition) is 2. The van der Waals surface area contributed by atoms with Crippen molar-refractivity contribution in [1.29, 1.82) is 0 Å². The van der Waals surface area contributed by atoms with E-state index in [4.69, 9.17) is 0 Å². The number of likely N-dealkylation sites (tertiary alicyclic amines) is 1. The number of alkyl halides is 3. The molecular weight excluding hydrogens is 384 g/mol. The van der Waals surface area contributed by atoms with Crippen molar-refractivity contribution in [3.05, 3.63) is 41.7 Å². The van der Waals surface area contributed by atoms with E-state index in [0.29, 0.717) is 12.1 Å². The van der Waals surface area contributed by atoms with Crippen LogP contribution in [0.15, 0.2) is 30.4 Å². The van der Waals surface area contributed by atoms with Gasteiger partial charge in [0.2, 0.25) is 5.91 Å². The van der Waals surface area contributed by atoms with Crippen molar-refractivity contribution in [3.8, 4) is 0 Å². The number of benzene rings is 1. The molecule has 1 saturated heterocycles. The van der Waals surface area contributed by atoms with Crippen LogP contribution >= 0.6 is 0 Å². The predicted molar refractivity (Wildman–Crippen MR) is 91.8 cm³/mol. The van der Waals surface area contributed by atoms with Gasteiger partial charge in [-0.2, -0.15) is 13.2 Å². The molecule has 1 heterocycles. The van der Waals surface area contributed by atoms with Crippen LogP contribution in [0.3, 0.4) is 0 Å². The van der Waals surface area contributed by atoms with Crippen molar-refractivity contribution in [2.24, 2.45) is 0 Å². The molecule has 0 aromatic heterocycles. The average Bonchev–Trinajstić information content (AvgIpc) is 2.98. The van der Waals surface area contributed by atoms with Gasteiger partial charge in [0, 0.05) is 18.7 Å². The molecule has 28 heavy (non-hydrogen) atoms. The van der Waals surface area contributed by atoms with Crippen LogP contribution in [-0.2, 0) is 20.5 Å². The van der Waals surface area contributed by atoms with Gasteiger partial charge in [-0.05, 0) is 30.7 Å². The van der Waals surface area contributed by atoms with Crippen LogP contribution in [-0.4, -0.2) is 53.7 Å². The number of carbonyl (C=O) groups excluding carboxylic acids is 2. The van der Waals surface area contributed by atoms with Crippen LogP contribution in [0.4, 0.5) is 23.2 Å². The summed E-state index contributed by atoms with van der Waals surface area (Å²) < 4.78 is 57.0. The van der Waals surface area contributed by atoms with E-state index in [1.807, 2.05) is 0 Å². The molecule has 1 aromatic carbocycles. The van der Waals surface area contributed by atoms with Crippen molar-refractivity contribution < 1.29 is 37.0 Å². The topological polar surface area (TPSA) is 78.9 Å². The van der Waals surface area contributed by atoms with Gasteiger partial charge in [0.1, 0.15) is 17.9 Å². The molecule has 3 atom stereocenters. The zero-order chi connectivity index (χ0) is 21.2. The van der Waals surface area contributed by atoms with Gasteiger partial charge in [0.25, 0.3) is 0 Å². The summed E-state index contributed by atoms with van der Waals surface area (Å²) in [7, 11) is 1.13. The van der Waals surface area contributed by atoms with Crippen molar-refractivity contribution in [1.82, 2.24) is 4.90 Å². The number of esters is 1. The predicted octanol–water partition coefficient (Wildman–Crippen LogP) is 2.34. The number of methoxy groups -OCH3 is 1. The summed E-state index contributed by atoms with van der Waals surface area (Å²) in [6.07, 6.45) is -5.75. The summed E-state index contributed by atoms with van der Waals surface area (Å²) in [6.45, 7) is 4.95. The lowest BCUT2D eigenvalue weighted by Crippen LogP contribution is -2.48. The number of ether oxygens (including phenoxy) is 1. The molecule has 0 aliphatic carbocycles. The largest absolute Gasteiger partial charge is 0.467 e. The molecule has 2 rings (SSSR count). The second-order valence-corrected chi connectivity index (χ2v) is 6.57. The third kappa shape index (κ3) is 4.80. The average molecular weight is 404 g/mol. The highest BCUT2D eigenvalue weighted by atomic mass is 19.4. The quantitative estimate of drug-likeness (QED) is 0.448. The Morgan fingerprint density at radius 1 is 1.36 bits per heavy atom.